The first-order valence-electron chi connectivity index (χ1n) is 8.84. The summed E-state index contributed by atoms with van der Waals surface area (Å²) in [5, 5.41) is 0. The van der Waals surface area contributed by atoms with E-state index in [1.54, 1.807) is 0 Å². The van der Waals surface area contributed by atoms with E-state index in [1.165, 1.54) is 89.9 Å². The fourth-order valence-corrected chi connectivity index (χ4v) is 3.49. The normalized spacial score (nSPS) is 18.0. The first kappa shape index (κ1) is 17.0. The van der Waals surface area contributed by atoms with Crippen molar-refractivity contribution in [3.63, 3.8) is 0 Å². The Morgan fingerprint density at radius 2 is 1.42 bits per heavy atom. The van der Waals surface area contributed by atoms with Crippen LogP contribution in [0, 0.1) is 5.92 Å². The maximum atomic E-state index is 5.71. The molecule has 1 atom stereocenters. The van der Waals surface area contributed by atoms with Gasteiger partial charge in [0.05, 0.1) is 0 Å². The molecule has 1 saturated carbocycles. The molecule has 2 heteroatoms. The monoisotopic (exact) mass is 268 g/mol. The van der Waals surface area contributed by atoms with Gasteiger partial charge in [0.2, 0.25) is 0 Å². The number of nitrogens with two attached hydrogens (primary N) is 1. The van der Waals surface area contributed by atoms with Crippen molar-refractivity contribution in [2.75, 3.05) is 0 Å². The Morgan fingerprint density at radius 1 is 0.895 bits per heavy atom. The van der Waals surface area contributed by atoms with Gasteiger partial charge in [0, 0.05) is 6.04 Å². The quantitative estimate of drug-likeness (QED) is 0.299. The van der Waals surface area contributed by atoms with Gasteiger partial charge < -0.3 is 0 Å². The second-order valence-corrected chi connectivity index (χ2v) is 6.43. The van der Waals surface area contributed by atoms with Crippen LogP contribution in [-0.4, -0.2) is 6.04 Å². The van der Waals surface area contributed by atoms with E-state index in [-0.39, 0.29) is 0 Å². The third kappa shape index (κ3) is 7.94. The van der Waals surface area contributed by atoms with Crippen LogP contribution in [0.4, 0.5) is 0 Å². The van der Waals surface area contributed by atoms with Gasteiger partial charge >= 0.3 is 0 Å². The lowest BCUT2D eigenvalue weighted by molar-refractivity contribution is 0.334. The smallest absolute Gasteiger partial charge is 0.0238 e. The van der Waals surface area contributed by atoms with E-state index >= 15 is 0 Å². The van der Waals surface area contributed by atoms with Crippen LogP contribution in [-0.2, 0) is 0 Å². The van der Waals surface area contributed by atoms with Crippen molar-refractivity contribution in [3.8, 4) is 0 Å². The highest BCUT2D eigenvalue weighted by atomic mass is 15.2. The van der Waals surface area contributed by atoms with Crippen molar-refractivity contribution in [1.29, 1.82) is 0 Å². The SMILES string of the molecule is CCCCCCCCCCCC(NN)C1CCCC1. The molecule has 1 fully saturated rings. The summed E-state index contributed by atoms with van der Waals surface area (Å²) in [5.41, 5.74) is 3.07. The van der Waals surface area contributed by atoms with E-state index in [0.29, 0.717) is 6.04 Å². The lowest BCUT2D eigenvalue weighted by Gasteiger charge is -2.22. The van der Waals surface area contributed by atoms with Gasteiger partial charge in [-0.2, -0.15) is 0 Å². The lowest BCUT2D eigenvalue weighted by atomic mass is 9.93. The molecule has 0 aromatic heterocycles. The Bertz CT molecular complexity index is 188. The first-order chi connectivity index (χ1) is 9.38. The number of hydrazine groups is 1. The van der Waals surface area contributed by atoms with Crippen molar-refractivity contribution >= 4 is 0 Å². The van der Waals surface area contributed by atoms with E-state index in [0.717, 1.165) is 5.92 Å². The van der Waals surface area contributed by atoms with Crippen LogP contribution < -0.4 is 11.3 Å². The Kier molecular flexibility index (Phi) is 10.5. The van der Waals surface area contributed by atoms with Crippen LogP contribution in [0.1, 0.15) is 96.8 Å². The highest BCUT2D eigenvalue weighted by Crippen LogP contribution is 2.29. The summed E-state index contributed by atoms with van der Waals surface area (Å²) in [4.78, 5) is 0. The number of hydrogen-bond acceptors (Lipinski definition) is 2. The zero-order valence-corrected chi connectivity index (χ0v) is 13.1. The number of rotatable bonds is 12. The number of hydrogen-bond donors (Lipinski definition) is 2. The zero-order chi connectivity index (χ0) is 13.8. The molecule has 1 aliphatic carbocycles. The minimum absolute atomic E-state index is 0.590. The van der Waals surface area contributed by atoms with E-state index in [2.05, 4.69) is 12.3 Å². The second-order valence-electron chi connectivity index (χ2n) is 6.43. The summed E-state index contributed by atoms with van der Waals surface area (Å²) in [7, 11) is 0. The molecule has 0 radical (unpaired) electrons. The Labute approximate surface area is 120 Å². The molecule has 0 aromatic rings. The van der Waals surface area contributed by atoms with Gasteiger partial charge in [-0.05, 0) is 25.2 Å². The largest absolute Gasteiger partial charge is 0.271 e. The summed E-state index contributed by atoms with van der Waals surface area (Å²) in [6.07, 6.45) is 19.7. The van der Waals surface area contributed by atoms with Crippen LogP contribution in [0.15, 0.2) is 0 Å². The summed E-state index contributed by atoms with van der Waals surface area (Å²) in [6, 6.07) is 0.590. The molecule has 0 bridgehead atoms. The maximum Gasteiger partial charge on any atom is 0.0238 e. The van der Waals surface area contributed by atoms with Crippen molar-refractivity contribution in [1.82, 2.24) is 5.43 Å². The molecule has 3 N–H and O–H groups in total. The zero-order valence-electron chi connectivity index (χ0n) is 13.1. The summed E-state index contributed by atoms with van der Waals surface area (Å²) >= 11 is 0. The molecule has 1 aliphatic rings. The molecule has 0 spiro atoms. The summed E-state index contributed by atoms with van der Waals surface area (Å²) < 4.78 is 0. The standard InChI is InChI=1S/C17H36N2/c1-2-3-4-5-6-7-8-9-10-15-17(19-18)16-13-11-12-14-16/h16-17,19H,2-15,18H2,1H3. The predicted octanol–water partition coefficient (Wildman–Crippen LogP) is 4.93. The highest BCUT2D eigenvalue weighted by molar-refractivity contribution is 4.78. The third-order valence-corrected chi connectivity index (χ3v) is 4.80. The molecular weight excluding hydrogens is 232 g/mol. The van der Waals surface area contributed by atoms with Crippen molar-refractivity contribution in [2.45, 2.75) is 103 Å². The van der Waals surface area contributed by atoms with Gasteiger partial charge in [-0.3, -0.25) is 11.3 Å². The van der Waals surface area contributed by atoms with Gasteiger partial charge in [-0.1, -0.05) is 77.6 Å². The molecule has 1 rings (SSSR count). The number of unbranched alkanes of at least 4 members (excludes halogenated alkanes) is 8. The summed E-state index contributed by atoms with van der Waals surface area (Å²) in [5.74, 6) is 6.57. The first-order valence-corrected chi connectivity index (χ1v) is 8.84. The molecule has 0 heterocycles. The molecule has 0 saturated heterocycles. The summed E-state index contributed by atoms with van der Waals surface area (Å²) in [6.45, 7) is 2.28. The van der Waals surface area contributed by atoms with E-state index in [4.69, 9.17) is 5.84 Å². The molecule has 19 heavy (non-hydrogen) atoms. The molecule has 114 valence electrons. The van der Waals surface area contributed by atoms with Crippen LogP contribution in [0.25, 0.3) is 0 Å². The fraction of sp³-hybridized carbons (Fsp3) is 1.00. The highest BCUT2D eigenvalue weighted by Gasteiger charge is 2.23. The van der Waals surface area contributed by atoms with Gasteiger partial charge in [-0.25, -0.2) is 0 Å². The lowest BCUT2D eigenvalue weighted by Crippen LogP contribution is -2.39. The predicted molar refractivity (Wildman–Crippen MR) is 84.9 cm³/mol. The third-order valence-electron chi connectivity index (χ3n) is 4.80. The number of nitrogens with one attached hydrogen (secondary N) is 1. The topological polar surface area (TPSA) is 38.0 Å². The fourth-order valence-electron chi connectivity index (χ4n) is 3.49. The molecular formula is C17H36N2. The van der Waals surface area contributed by atoms with Crippen LogP contribution in [0.2, 0.25) is 0 Å². The minimum Gasteiger partial charge on any atom is -0.271 e. The van der Waals surface area contributed by atoms with Crippen LogP contribution >= 0.6 is 0 Å². The van der Waals surface area contributed by atoms with Gasteiger partial charge in [0.15, 0.2) is 0 Å². The molecule has 1 unspecified atom stereocenters. The van der Waals surface area contributed by atoms with E-state index in [9.17, 15) is 0 Å². The van der Waals surface area contributed by atoms with Crippen molar-refractivity contribution in [2.24, 2.45) is 11.8 Å². The maximum absolute atomic E-state index is 5.71. The molecule has 0 amide bonds. The minimum atomic E-state index is 0.590. The molecule has 0 aromatic carbocycles. The average Bonchev–Trinajstić information content (AvgIpc) is 2.95. The van der Waals surface area contributed by atoms with Gasteiger partial charge in [0.1, 0.15) is 0 Å². The Morgan fingerprint density at radius 3 is 1.95 bits per heavy atom. The Hall–Kier alpha value is -0.0800. The van der Waals surface area contributed by atoms with E-state index in [1.807, 2.05) is 0 Å². The van der Waals surface area contributed by atoms with Crippen LogP contribution in [0.5, 0.6) is 0 Å². The average molecular weight is 268 g/mol. The second kappa shape index (κ2) is 11.7. The van der Waals surface area contributed by atoms with Crippen molar-refractivity contribution < 1.29 is 0 Å². The molecule has 0 aliphatic heterocycles. The van der Waals surface area contributed by atoms with Crippen molar-refractivity contribution in [3.05, 3.63) is 0 Å². The Balaban J connectivity index is 1.88. The van der Waals surface area contributed by atoms with Gasteiger partial charge in [0.25, 0.3) is 0 Å². The van der Waals surface area contributed by atoms with E-state index < -0.39 is 0 Å². The van der Waals surface area contributed by atoms with Gasteiger partial charge in [-0.15, -0.1) is 0 Å². The van der Waals surface area contributed by atoms with Crippen LogP contribution in [0.3, 0.4) is 0 Å². The molecule has 2 nitrogen and oxygen atoms in total.